The van der Waals surface area contributed by atoms with E-state index in [-0.39, 0.29) is 5.69 Å². The predicted octanol–water partition coefficient (Wildman–Crippen LogP) is 5.37. The smallest absolute Gasteiger partial charge is 0.151 e. The zero-order valence-corrected chi connectivity index (χ0v) is 17.6. The normalized spacial score (nSPS) is 11.1. The van der Waals surface area contributed by atoms with E-state index in [1.54, 1.807) is 6.20 Å². The number of rotatable bonds is 7. The van der Waals surface area contributed by atoms with Crippen LogP contribution in [0.4, 0.5) is 8.78 Å². The maximum atomic E-state index is 14.4. The van der Waals surface area contributed by atoms with Gasteiger partial charge < -0.3 is 5.32 Å². The summed E-state index contributed by atoms with van der Waals surface area (Å²) in [6.07, 6.45) is 4.64. The van der Waals surface area contributed by atoms with Crippen LogP contribution in [0.15, 0.2) is 67.0 Å². The molecule has 0 spiro atoms. The van der Waals surface area contributed by atoms with Crippen LogP contribution in [0.2, 0.25) is 0 Å². The van der Waals surface area contributed by atoms with Crippen molar-refractivity contribution in [1.82, 2.24) is 20.1 Å². The Morgan fingerprint density at radius 1 is 1.00 bits per heavy atom. The summed E-state index contributed by atoms with van der Waals surface area (Å²) >= 11 is 0. The monoisotopic (exact) mass is 418 g/mol. The largest absolute Gasteiger partial charge is 0.307 e. The topological polar surface area (TPSA) is 42.7 Å². The molecule has 0 aliphatic heterocycles. The minimum Gasteiger partial charge on any atom is -0.307 e. The second kappa shape index (κ2) is 9.18. The Labute approximate surface area is 180 Å². The standard InChI is InChI=1S/C25H24F2N4/c1-3-18-8-10-21(29-13-18)15-28-14-19-16-31(24-11-9-20(26)12-23(24)27)30-25(19)22-7-5-4-6-17(22)2/h4-13,16,28H,3,14-15H2,1-2H3. The van der Waals surface area contributed by atoms with E-state index in [9.17, 15) is 8.78 Å². The fourth-order valence-corrected chi connectivity index (χ4v) is 3.49. The van der Waals surface area contributed by atoms with E-state index in [2.05, 4.69) is 28.4 Å². The molecular formula is C25H24F2N4. The number of nitrogens with zero attached hydrogens (tertiary/aromatic N) is 3. The molecular weight excluding hydrogens is 394 g/mol. The second-order valence-corrected chi connectivity index (χ2v) is 7.47. The summed E-state index contributed by atoms with van der Waals surface area (Å²) in [4.78, 5) is 4.48. The van der Waals surface area contributed by atoms with Crippen LogP contribution in [0.25, 0.3) is 16.9 Å². The fraction of sp³-hybridized carbons (Fsp3) is 0.200. The zero-order valence-electron chi connectivity index (χ0n) is 17.6. The number of aryl methyl sites for hydroxylation is 2. The minimum atomic E-state index is -0.654. The molecule has 2 heterocycles. The Hall–Kier alpha value is -3.38. The first-order valence-corrected chi connectivity index (χ1v) is 10.3. The van der Waals surface area contributed by atoms with E-state index in [1.165, 1.54) is 22.4 Å². The molecule has 0 atom stereocenters. The van der Waals surface area contributed by atoms with Gasteiger partial charge in [0, 0.05) is 42.7 Å². The Bertz CT molecular complexity index is 1180. The van der Waals surface area contributed by atoms with Gasteiger partial charge in [-0.1, -0.05) is 37.3 Å². The minimum absolute atomic E-state index is 0.208. The molecule has 0 unspecified atom stereocenters. The molecule has 1 N–H and O–H groups in total. The van der Waals surface area contributed by atoms with Crippen molar-refractivity contribution in [2.45, 2.75) is 33.4 Å². The molecule has 0 bridgehead atoms. The lowest BCUT2D eigenvalue weighted by molar-refractivity contribution is 0.573. The molecule has 4 aromatic rings. The Balaban J connectivity index is 1.63. The summed E-state index contributed by atoms with van der Waals surface area (Å²) in [5.41, 5.74) is 6.10. The van der Waals surface area contributed by atoms with E-state index < -0.39 is 11.6 Å². The Kier molecular flexibility index (Phi) is 6.18. The summed E-state index contributed by atoms with van der Waals surface area (Å²) in [7, 11) is 0. The van der Waals surface area contributed by atoms with Crippen LogP contribution in [-0.2, 0) is 19.5 Å². The molecule has 0 saturated heterocycles. The average Bonchev–Trinajstić information content (AvgIpc) is 3.18. The number of nitrogens with one attached hydrogen (secondary N) is 1. The molecule has 158 valence electrons. The number of benzene rings is 2. The van der Waals surface area contributed by atoms with Crippen LogP contribution >= 0.6 is 0 Å². The summed E-state index contributed by atoms with van der Waals surface area (Å²) in [6.45, 7) is 5.25. The molecule has 0 saturated carbocycles. The van der Waals surface area contributed by atoms with Gasteiger partial charge in [0.2, 0.25) is 0 Å². The highest BCUT2D eigenvalue weighted by Gasteiger charge is 2.16. The van der Waals surface area contributed by atoms with Gasteiger partial charge in [-0.15, -0.1) is 0 Å². The van der Waals surface area contributed by atoms with Crippen molar-refractivity contribution < 1.29 is 8.78 Å². The van der Waals surface area contributed by atoms with Crippen molar-refractivity contribution in [3.63, 3.8) is 0 Å². The van der Waals surface area contributed by atoms with Crippen molar-refractivity contribution >= 4 is 0 Å². The van der Waals surface area contributed by atoms with Crippen LogP contribution in [-0.4, -0.2) is 14.8 Å². The third-order valence-electron chi connectivity index (χ3n) is 5.26. The molecule has 0 radical (unpaired) electrons. The summed E-state index contributed by atoms with van der Waals surface area (Å²) in [6, 6.07) is 15.5. The fourth-order valence-electron chi connectivity index (χ4n) is 3.49. The van der Waals surface area contributed by atoms with Crippen LogP contribution in [0.3, 0.4) is 0 Å². The molecule has 0 aliphatic rings. The second-order valence-electron chi connectivity index (χ2n) is 7.47. The summed E-state index contributed by atoms with van der Waals surface area (Å²) in [5, 5.41) is 8.05. The third kappa shape index (κ3) is 4.70. The SMILES string of the molecule is CCc1ccc(CNCc2cn(-c3ccc(F)cc3F)nc2-c2ccccc2C)nc1. The quantitative estimate of drug-likeness (QED) is 0.439. The van der Waals surface area contributed by atoms with Gasteiger partial charge in [-0.3, -0.25) is 4.98 Å². The average molecular weight is 418 g/mol. The van der Waals surface area contributed by atoms with Gasteiger partial charge in [0.15, 0.2) is 5.82 Å². The maximum Gasteiger partial charge on any atom is 0.151 e. The zero-order chi connectivity index (χ0) is 21.8. The van der Waals surface area contributed by atoms with Gasteiger partial charge in [-0.25, -0.2) is 13.5 Å². The van der Waals surface area contributed by atoms with Crippen molar-refractivity contribution in [1.29, 1.82) is 0 Å². The highest BCUT2D eigenvalue weighted by molar-refractivity contribution is 5.66. The van der Waals surface area contributed by atoms with Crippen molar-refractivity contribution in [2.24, 2.45) is 0 Å². The molecule has 2 aromatic heterocycles. The summed E-state index contributed by atoms with van der Waals surface area (Å²) in [5.74, 6) is -1.27. The number of halogens is 2. The van der Waals surface area contributed by atoms with E-state index in [0.717, 1.165) is 40.6 Å². The van der Waals surface area contributed by atoms with Crippen molar-refractivity contribution in [2.75, 3.05) is 0 Å². The van der Waals surface area contributed by atoms with Gasteiger partial charge in [0.05, 0.1) is 11.4 Å². The Morgan fingerprint density at radius 2 is 1.84 bits per heavy atom. The van der Waals surface area contributed by atoms with E-state index in [4.69, 9.17) is 0 Å². The van der Waals surface area contributed by atoms with E-state index in [0.29, 0.717) is 13.1 Å². The van der Waals surface area contributed by atoms with Crippen LogP contribution < -0.4 is 5.32 Å². The lowest BCUT2D eigenvalue weighted by Crippen LogP contribution is -2.14. The highest BCUT2D eigenvalue weighted by Crippen LogP contribution is 2.27. The molecule has 0 amide bonds. The molecule has 0 aliphatic carbocycles. The molecule has 2 aromatic carbocycles. The van der Waals surface area contributed by atoms with Gasteiger partial charge in [0.1, 0.15) is 11.5 Å². The molecule has 4 rings (SSSR count). The molecule has 31 heavy (non-hydrogen) atoms. The van der Waals surface area contributed by atoms with Crippen LogP contribution in [0, 0.1) is 18.6 Å². The summed E-state index contributed by atoms with van der Waals surface area (Å²) < 4.78 is 29.2. The molecule has 0 fully saturated rings. The lowest BCUT2D eigenvalue weighted by Gasteiger charge is -2.07. The van der Waals surface area contributed by atoms with Gasteiger partial charge in [-0.2, -0.15) is 5.10 Å². The van der Waals surface area contributed by atoms with Crippen LogP contribution in [0.1, 0.15) is 29.3 Å². The first-order chi connectivity index (χ1) is 15.0. The van der Waals surface area contributed by atoms with Crippen LogP contribution in [0.5, 0.6) is 0 Å². The first kappa shape index (κ1) is 20.9. The number of pyridine rings is 1. The predicted molar refractivity (Wildman–Crippen MR) is 118 cm³/mol. The van der Waals surface area contributed by atoms with E-state index >= 15 is 0 Å². The third-order valence-corrected chi connectivity index (χ3v) is 5.26. The number of aromatic nitrogens is 3. The number of hydrogen-bond acceptors (Lipinski definition) is 3. The number of hydrogen-bond donors (Lipinski definition) is 1. The van der Waals surface area contributed by atoms with Gasteiger partial charge >= 0.3 is 0 Å². The first-order valence-electron chi connectivity index (χ1n) is 10.3. The molecule has 6 heteroatoms. The lowest BCUT2D eigenvalue weighted by atomic mass is 10.0. The van der Waals surface area contributed by atoms with Gasteiger partial charge in [0.25, 0.3) is 0 Å². The van der Waals surface area contributed by atoms with Crippen molar-refractivity contribution in [3.8, 4) is 16.9 Å². The Morgan fingerprint density at radius 3 is 2.55 bits per heavy atom. The molecule has 4 nitrogen and oxygen atoms in total. The maximum absolute atomic E-state index is 14.4. The highest BCUT2D eigenvalue weighted by atomic mass is 19.1. The van der Waals surface area contributed by atoms with Crippen molar-refractivity contribution in [3.05, 3.63) is 101 Å². The van der Waals surface area contributed by atoms with Gasteiger partial charge in [-0.05, 0) is 42.7 Å². The van der Waals surface area contributed by atoms with E-state index in [1.807, 2.05) is 43.5 Å².